The Labute approximate surface area is 190 Å². The second-order valence-corrected chi connectivity index (χ2v) is 9.98. The summed E-state index contributed by atoms with van der Waals surface area (Å²) in [5, 5.41) is 16.2. The molecule has 0 aromatic heterocycles. The smallest absolute Gasteiger partial charge is 0.291 e. The third-order valence-electron chi connectivity index (χ3n) is 7.73. The Hall–Kier alpha value is -2.45. The van der Waals surface area contributed by atoms with Crippen molar-refractivity contribution in [1.82, 2.24) is 4.90 Å². The Kier molecular flexibility index (Phi) is 5.05. The largest absolute Gasteiger partial charge is 0.550 e. The van der Waals surface area contributed by atoms with Crippen molar-refractivity contribution in [3.8, 4) is 0 Å². The quantitative estimate of drug-likeness (QED) is 0.623. The molecule has 4 aliphatic rings. The van der Waals surface area contributed by atoms with Crippen molar-refractivity contribution in [2.24, 2.45) is 11.8 Å². The maximum absolute atomic E-state index is 13.8. The maximum Gasteiger partial charge on any atom is 0.291 e. The number of amides is 3. The number of carboxylic acids is 1. The van der Waals surface area contributed by atoms with Crippen LogP contribution in [0.2, 0.25) is 5.02 Å². The van der Waals surface area contributed by atoms with Crippen LogP contribution in [0.4, 0.5) is 5.69 Å². The van der Waals surface area contributed by atoms with Crippen molar-refractivity contribution in [3.05, 3.63) is 28.3 Å². The van der Waals surface area contributed by atoms with E-state index in [0.717, 1.165) is 37.7 Å². The molecule has 170 valence electrons. The highest BCUT2D eigenvalue weighted by molar-refractivity contribution is 6.35. The number of nitrogens with one attached hydrogen (secondary N) is 1. The molecule has 1 saturated carbocycles. The van der Waals surface area contributed by atoms with Crippen LogP contribution in [0.15, 0.2) is 12.1 Å². The molecule has 0 bridgehead atoms. The van der Waals surface area contributed by atoms with E-state index in [2.05, 4.69) is 5.32 Å². The van der Waals surface area contributed by atoms with Gasteiger partial charge in [-0.05, 0) is 43.9 Å². The van der Waals surface area contributed by atoms with Crippen LogP contribution in [0.25, 0.3) is 0 Å². The lowest BCUT2D eigenvalue weighted by Crippen LogP contribution is -2.99. The lowest BCUT2D eigenvalue weighted by Gasteiger charge is -2.32. The van der Waals surface area contributed by atoms with E-state index in [1.165, 1.54) is 4.90 Å². The number of likely N-dealkylation sites (tertiary alicyclic amines) is 1. The number of carbonyl (C=O) groups is 4. The van der Waals surface area contributed by atoms with Crippen LogP contribution >= 0.6 is 11.6 Å². The number of aliphatic carboxylic acids is 1. The number of nitrogens with zero attached hydrogens (tertiary/aromatic N) is 1. The molecule has 5 rings (SSSR count). The number of quaternary nitrogens is 1. The first kappa shape index (κ1) is 21.4. The minimum absolute atomic E-state index is 0.144. The molecule has 9 heteroatoms. The number of rotatable bonds is 4. The van der Waals surface area contributed by atoms with Gasteiger partial charge in [-0.2, -0.15) is 0 Å². The van der Waals surface area contributed by atoms with E-state index >= 15 is 0 Å². The first-order chi connectivity index (χ1) is 15.3. The molecule has 4 atom stereocenters. The molecule has 0 radical (unpaired) electrons. The van der Waals surface area contributed by atoms with Crippen molar-refractivity contribution < 1.29 is 29.6 Å². The molecule has 8 nitrogen and oxygen atoms in total. The number of halogens is 1. The van der Waals surface area contributed by atoms with Crippen molar-refractivity contribution in [1.29, 1.82) is 0 Å². The first-order valence-electron chi connectivity index (χ1n) is 11.3. The molecule has 1 aromatic carbocycles. The molecule has 2 saturated heterocycles. The van der Waals surface area contributed by atoms with Gasteiger partial charge >= 0.3 is 0 Å². The zero-order valence-corrected chi connectivity index (χ0v) is 18.6. The maximum atomic E-state index is 13.8. The van der Waals surface area contributed by atoms with Crippen LogP contribution in [-0.4, -0.2) is 40.7 Å². The summed E-state index contributed by atoms with van der Waals surface area (Å²) in [5.74, 6) is -3.82. The van der Waals surface area contributed by atoms with Crippen LogP contribution in [0.1, 0.15) is 56.1 Å². The SMILES string of the molecule is Cc1cc(Cl)c2c(c1)[C@@]1([NH2+][C@@H](CCC(=O)[O-])[C@H]3C(=O)N(C4CCCCC4)C(=O)[C@H]31)C(=O)N2. The van der Waals surface area contributed by atoms with E-state index in [-0.39, 0.29) is 36.6 Å². The Morgan fingerprint density at radius 2 is 1.94 bits per heavy atom. The number of carbonyl (C=O) groups excluding carboxylic acids is 4. The Bertz CT molecular complexity index is 1040. The van der Waals surface area contributed by atoms with E-state index in [1.807, 2.05) is 13.0 Å². The molecule has 1 aromatic rings. The normalized spacial score (nSPS) is 31.9. The van der Waals surface area contributed by atoms with Gasteiger partial charge in [-0.25, -0.2) is 0 Å². The third-order valence-corrected chi connectivity index (χ3v) is 8.03. The summed E-state index contributed by atoms with van der Waals surface area (Å²) in [6, 6.07) is 2.92. The minimum Gasteiger partial charge on any atom is -0.550 e. The highest BCUT2D eigenvalue weighted by atomic mass is 35.5. The lowest BCUT2D eigenvalue weighted by atomic mass is 9.76. The summed E-state index contributed by atoms with van der Waals surface area (Å²) in [6.45, 7) is 1.86. The van der Waals surface area contributed by atoms with Crippen LogP contribution in [0, 0.1) is 18.8 Å². The second-order valence-electron chi connectivity index (χ2n) is 9.58. The molecule has 3 aliphatic heterocycles. The number of aryl methyl sites for hydroxylation is 1. The monoisotopic (exact) mass is 459 g/mol. The molecular formula is C23H26ClN3O5. The summed E-state index contributed by atoms with van der Waals surface area (Å²) in [4.78, 5) is 53.5. The summed E-state index contributed by atoms with van der Waals surface area (Å²) in [6.07, 6.45) is 4.44. The van der Waals surface area contributed by atoms with Crippen molar-refractivity contribution in [2.45, 2.75) is 69.5 Å². The van der Waals surface area contributed by atoms with E-state index in [9.17, 15) is 24.3 Å². The fourth-order valence-corrected chi connectivity index (χ4v) is 6.75. The number of imide groups is 1. The van der Waals surface area contributed by atoms with Gasteiger partial charge in [0.25, 0.3) is 5.91 Å². The van der Waals surface area contributed by atoms with Gasteiger partial charge in [0.15, 0.2) is 0 Å². The number of fused-ring (bicyclic) bond motifs is 4. The number of nitrogens with two attached hydrogens (primary N) is 1. The average Bonchev–Trinajstić information content (AvgIpc) is 3.33. The Morgan fingerprint density at radius 3 is 2.62 bits per heavy atom. The highest BCUT2D eigenvalue weighted by Gasteiger charge is 2.74. The molecular weight excluding hydrogens is 434 g/mol. The second kappa shape index (κ2) is 7.56. The number of hydrogen-bond acceptors (Lipinski definition) is 5. The van der Waals surface area contributed by atoms with Crippen molar-refractivity contribution in [3.63, 3.8) is 0 Å². The summed E-state index contributed by atoms with van der Waals surface area (Å²) in [5.41, 5.74) is 0.579. The van der Waals surface area contributed by atoms with Crippen molar-refractivity contribution >= 4 is 41.0 Å². The highest BCUT2D eigenvalue weighted by Crippen LogP contribution is 2.52. The zero-order chi connectivity index (χ0) is 22.8. The Morgan fingerprint density at radius 1 is 1.22 bits per heavy atom. The minimum atomic E-state index is -1.33. The Balaban J connectivity index is 1.63. The topological polar surface area (TPSA) is 123 Å². The van der Waals surface area contributed by atoms with Gasteiger partial charge in [-0.3, -0.25) is 19.3 Å². The molecule has 3 heterocycles. The van der Waals surface area contributed by atoms with Crippen LogP contribution < -0.4 is 15.7 Å². The molecule has 3 N–H and O–H groups in total. The summed E-state index contributed by atoms with van der Waals surface area (Å²) >= 11 is 6.42. The first-order valence-corrected chi connectivity index (χ1v) is 11.7. The van der Waals surface area contributed by atoms with Gasteiger partial charge in [-0.1, -0.05) is 30.9 Å². The standard InChI is InChI=1S/C23H26ClN3O5/c1-11-9-13-19(14(24)10-11)25-22(32)23(13)18-17(15(26-23)7-8-16(28)29)20(30)27(21(18)31)12-5-3-2-4-6-12/h9-10,12,15,17-18,26H,2-8H2,1H3,(H,25,32)(H,28,29)/t15-,17+,18-,23-/m0/s1. The summed E-state index contributed by atoms with van der Waals surface area (Å²) < 4.78 is 0. The van der Waals surface area contributed by atoms with E-state index < -0.39 is 29.4 Å². The number of hydrogen-bond donors (Lipinski definition) is 2. The van der Waals surface area contributed by atoms with E-state index in [0.29, 0.717) is 16.3 Å². The van der Waals surface area contributed by atoms with Gasteiger partial charge in [0, 0.05) is 24.0 Å². The van der Waals surface area contributed by atoms with Crippen molar-refractivity contribution in [2.75, 3.05) is 5.32 Å². The molecule has 3 fully saturated rings. The fraction of sp³-hybridized carbons (Fsp3) is 0.565. The van der Waals surface area contributed by atoms with Gasteiger partial charge < -0.3 is 20.5 Å². The van der Waals surface area contributed by atoms with Crippen LogP contribution in [0.3, 0.4) is 0 Å². The average molecular weight is 460 g/mol. The zero-order valence-electron chi connectivity index (χ0n) is 17.9. The predicted molar refractivity (Wildman–Crippen MR) is 112 cm³/mol. The third kappa shape index (κ3) is 2.92. The molecule has 3 amide bonds. The number of anilines is 1. The number of carboxylic acid groups (broad SMARTS) is 1. The molecule has 32 heavy (non-hydrogen) atoms. The van der Waals surface area contributed by atoms with Gasteiger partial charge in [0.1, 0.15) is 17.9 Å². The predicted octanol–water partition coefficient (Wildman–Crippen LogP) is 0.205. The molecule has 0 unspecified atom stereocenters. The van der Waals surface area contributed by atoms with Gasteiger partial charge in [0.05, 0.1) is 10.7 Å². The van der Waals surface area contributed by atoms with Gasteiger partial charge in [0.2, 0.25) is 17.4 Å². The van der Waals surface area contributed by atoms with Crippen LogP contribution in [0.5, 0.6) is 0 Å². The lowest BCUT2D eigenvalue weighted by molar-refractivity contribution is -0.734. The molecule has 1 aliphatic carbocycles. The van der Waals surface area contributed by atoms with E-state index in [1.54, 1.807) is 11.4 Å². The van der Waals surface area contributed by atoms with Crippen LogP contribution in [-0.2, 0) is 24.7 Å². The number of benzene rings is 1. The van der Waals surface area contributed by atoms with Gasteiger partial charge in [-0.15, -0.1) is 0 Å². The summed E-state index contributed by atoms with van der Waals surface area (Å²) in [7, 11) is 0. The molecule has 1 spiro atoms. The fourth-order valence-electron chi connectivity index (χ4n) is 6.42. The van der Waals surface area contributed by atoms with E-state index in [4.69, 9.17) is 11.6 Å².